The molecular weight excluding hydrogens is 204 g/mol. The molecule has 0 aliphatic rings. The van der Waals surface area contributed by atoms with Crippen molar-refractivity contribution in [3.05, 3.63) is 29.8 Å². The second-order valence-corrected chi connectivity index (χ2v) is 4.53. The van der Waals surface area contributed by atoms with Crippen LogP contribution in [0.25, 0.3) is 0 Å². The molecule has 0 N–H and O–H groups in total. The average molecular weight is 219 g/mol. The van der Waals surface area contributed by atoms with Gasteiger partial charge in [-0.3, -0.25) is 0 Å². The Balaban J connectivity index is 2.94. The van der Waals surface area contributed by atoms with Crippen molar-refractivity contribution in [3.8, 4) is 12.3 Å². The Labute approximate surface area is 93.1 Å². The van der Waals surface area contributed by atoms with Crippen molar-refractivity contribution in [1.29, 1.82) is 0 Å². The van der Waals surface area contributed by atoms with Crippen LogP contribution < -0.4 is 5.19 Å². The summed E-state index contributed by atoms with van der Waals surface area (Å²) in [5, 5.41) is 1.02. The first-order valence-corrected chi connectivity index (χ1v) is 6.33. The van der Waals surface area contributed by atoms with E-state index >= 15 is 0 Å². The molecule has 0 heterocycles. The summed E-state index contributed by atoms with van der Waals surface area (Å²) in [6.07, 6.45) is 5.44. The molecule has 3 heteroatoms. The summed E-state index contributed by atoms with van der Waals surface area (Å²) in [5.74, 6) is 2.66. The molecule has 1 rings (SSSR count). The SMILES string of the molecule is C#Cc1ccccc1[Si](OCC)OCC. The fourth-order valence-corrected chi connectivity index (χ4v) is 2.77. The molecule has 0 fully saturated rings. The summed E-state index contributed by atoms with van der Waals surface area (Å²) in [7, 11) is -1.41. The Morgan fingerprint density at radius 1 is 1.20 bits per heavy atom. The van der Waals surface area contributed by atoms with Crippen molar-refractivity contribution in [2.24, 2.45) is 0 Å². The van der Waals surface area contributed by atoms with E-state index in [4.69, 9.17) is 15.3 Å². The molecule has 79 valence electrons. The molecule has 0 aliphatic carbocycles. The fourth-order valence-electron chi connectivity index (χ4n) is 1.25. The molecule has 15 heavy (non-hydrogen) atoms. The van der Waals surface area contributed by atoms with Crippen LogP contribution in [0.3, 0.4) is 0 Å². The van der Waals surface area contributed by atoms with E-state index in [0.29, 0.717) is 13.2 Å². The highest BCUT2D eigenvalue weighted by atomic mass is 28.3. The molecule has 0 amide bonds. The maximum absolute atomic E-state index is 5.60. The average Bonchev–Trinajstić information content (AvgIpc) is 2.29. The second-order valence-electron chi connectivity index (χ2n) is 2.84. The molecule has 0 bridgehead atoms. The molecule has 2 nitrogen and oxygen atoms in total. The normalized spacial score (nSPS) is 10.3. The molecule has 0 aliphatic heterocycles. The van der Waals surface area contributed by atoms with Gasteiger partial charge < -0.3 is 8.85 Å². The van der Waals surface area contributed by atoms with E-state index in [0.717, 1.165) is 10.8 Å². The van der Waals surface area contributed by atoms with Gasteiger partial charge in [0.25, 0.3) is 0 Å². The lowest BCUT2D eigenvalue weighted by Gasteiger charge is -2.14. The number of benzene rings is 1. The van der Waals surface area contributed by atoms with Crippen LogP contribution in [0.15, 0.2) is 24.3 Å². The number of hydrogen-bond acceptors (Lipinski definition) is 2. The van der Waals surface area contributed by atoms with Crippen molar-refractivity contribution in [3.63, 3.8) is 0 Å². The van der Waals surface area contributed by atoms with Crippen LogP contribution in [0.2, 0.25) is 0 Å². The monoisotopic (exact) mass is 219 g/mol. The van der Waals surface area contributed by atoms with Crippen molar-refractivity contribution >= 4 is 14.5 Å². The predicted molar refractivity (Wildman–Crippen MR) is 63.0 cm³/mol. The van der Waals surface area contributed by atoms with Gasteiger partial charge in [0, 0.05) is 24.0 Å². The van der Waals surface area contributed by atoms with Crippen molar-refractivity contribution in [2.75, 3.05) is 13.2 Å². The number of rotatable bonds is 5. The first-order chi connectivity index (χ1) is 7.33. The van der Waals surface area contributed by atoms with Gasteiger partial charge in [-0.15, -0.1) is 6.42 Å². The first-order valence-electron chi connectivity index (χ1n) is 5.02. The smallest absolute Gasteiger partial charge is 0.390 e. The molecule has 0 unspecified atom stereocenters. The summed E-state index contributed by atoms with van der Waals surface area (Å²) in [4.78, 5) is 0. The quantitative estimate of drug-likeness (QED) is 0.551. The lowest BCUT2D eigenvalue weighted by Crippen LogP contribution is -2.38. The van der Waals surface area contributed by atoms with Crippen LogP contribution in [0.1, 0.15) is 19.4 Å². The maximum Gasteiger partial charge on any atom is 0.424 e. The highest BCUT2D eigenvalue weighted by molar-refractivity contribution is 6.62. The lowest BCUT2D eigenvalue weighted by molar-refractivity contribution is 0.225. The third-order valence-electron chi connectivity index (χ3n) is 1.85. The first kappa shape index (κ1) is 12.0. The zero-order valence-corrected chi connectivity index (χ0v) is 10.1. The zero-order chi connectivity index (χ0) is 11.1. The molecular formula is C12H15O2Si. The molecule has 0 spiro atoms. The van der Waals surface area contributed by atoms with Gasteiger partial charge in [0.2, 0.25) is 0 Å². The van der Waals surface area contributed by atoms with E-state index in [1.807, 2.05) is 38.1 Å². The predicted octanol–water partition coefficient (Wildman–Crippen LogP) is 1.44. The van der Waals surface area contributed by atoms with Gasteiger partial charge in [-0.2, -0.15) is 0 Å². The third kappa shape index (κ3) is 3.20. The van der Waals surface area contributed by atoms with Gasteiger partial charge in [0.15, 0.2) is 0 Å². The lowest BCUT2D eigenvalue weighted by atomic mass is 10.2. The van der Waals surface area contributed by atoms with Crippen molar-refractivity contribution in [1.82, 2.24) is 0 Å². The Morgan fingerprint density at radius 2 is 1.80 bits per heavy atom. The number of terminal acetylenes is 1. The Bertz CT molecular complexity index is 338. The minimum absolute atomic E-state index is 0.646. The van der Waals surface area contributed by atoms with Gasteiger partial charge in [-0.25, -0.2) is 0 Å². The maximum atomic E-state index is 5.60. The van der Waals surface area contributed by atoms with E-state index in [-0.39, 0.29) is 0 Å². The van der Waals surface area contributed by atoms with Crippen LogP contribution in [-0.2, 0) is 8.85 Å². The number of hydrogen-bond donors (Lipinski definition) is 0. The summed E-state index contributed by atoms with van der Waals surface area (Å²) >= 11 is 0. The standard InChI is InChI=1S/C12H15O2Si/c1-4-11-9-7-8-10-12(11)15(13-5-2)14-6-3/h1,7-10H,5-6H2,2-3H3. The summed E-state index contributed by atoms with van der Waals surface area (Å²) in [6, 6.07) is 7.78. The van der Waals surface area contributed by atoms with E-state index in [9.17, 15) is 0 Å². The van der Waals surface area contributed by atoms with Gasteiger partial charge in [0.1, 0.15) is 0 Å². The van der Waals surface area contributed by atoms with Crippen LogP contribution in [0, 0.1) is 12.3 Å². The van der Waals surface area contributed by atoms with Crippen molar-refractivity contribution < 1.29 is 8.85 Å². The van der Waals surface area contributed by atoms with Crippen LogP contribution in [-0.4, -0.2) is 22.5 Å². The molecule has 0 saturated carbocycles. The van der Waals surface area contributed by atoms with Crippen LogP contribution >= 0.6 is 0 Å². The molecule has 1 aromatic rings. The summed E-state index contributed by atoms with van der Waals surface area (Å²) in [5.41, 5.74) is 0.869. The minimum atomic E-state index is -1.41. The Morgan fingerprint density at radius 3 is 2.33 bits per heavy atom. The minimum Gasteiger partial charge on any atom is -0.390 e. The highest BCUT2D eigenvalue weighted by Crippen LogP contribution is 1.99. The van der Waals surface area contributed by atoms with E-state index < -0.39 is 9.28 Å². The topological polar surface area (TPSA) is 18.5 Å². The van der Waals surface area contributed by atoms with E-state index in [1.54, 1.807) is 0 Å². The van der Waals surface area contributed by atoms with Crippen LogP contribution in [0.4, 0.5) is 0 Å². The molecule has 0 saturated heterocycles. The van der Waals surface area contributed by atoms with Crippen LogP contribution in [0.5, 0.6) is 0 Å². The van der Waals surface area contributed by atoms with Gasteiger partial charge in [-0.1, -0.05) is 24.1 Å². The molecule has 1 aromatic carbocycles. The van der Waals surface area contributed by atoms with Gasteiger partial charge in [0.05, 0.1) is 0 Å². The van der Waals surface area contributed by atoms with E-state index in [2.05, 4.69) is 5.92 Å². The molecule has 0 aromatic heterocycles. The summed E-state index contributed by atoms with van der Waals surface area (Å²) in [6.45, 7) is 5.21. The highest BCUT2D eigenvalue weighted by Gasteiger charge is 2.20. The van der Waals surface area contributed by atoms with Gasteiger partial charge >= 0.3 is 9.28 Å². The Kier molecular flexibility index (Phi) is 5.12. The van der Waals surface area contributed by atoms with E-state index in [1.165, 1.54) is 0 Å². The third-order valence-corrected chi connectivity index (χ3v) is 3.83. The molecule has 1 radical (unpaired) electrons. The zero-order valence-electron chi connectivity index (χ0n) is 9.12. The van der Waals surface area contributed by atoms with Crippen molar-refractivity contribution in [2.45, 2.75) is 13.8 Å². The summed E-state index contributed by atoms with van der Waals surface area (Å²) < 4.78 is 11.2. The largest absolute Gasteiger partial charge is 0.424 e. The fraction of sp³-hybridized carbons (Fsp3) is 0.333. The van der Waals surface area contributed by atoms with Gasteiger partial charge in [-0.05, 0) is 19.9 Å². The molecule has 0 atom stereocenters. The second kappa shape index (κ2) is 6.41. The Hall–Kier alpha value is -1.08.